The number of benzene rings is 2. The molecule has 3 aromatic rings. The van der Waals surface area contributed by atoms with Gasteiger partial charge in [-0.15, -0.1) is 10.2 Å². The average molecular weight is 433 g/mol. The molecule has 1 atom stereocenters. The fourth-order valence-corrected chi connectivity index (χ4v) is 3.71. The minimum absolute atomic E-state index is 0.0123. The van der Waals surface area contributed by atoms with Crippen LogP contribution < -0.4 is 8.92 Å². The van der Waals surface area contributed by atoms with Crippen LogP contribution in [0.5, 0.6) is 17.4 Å². The maximum Gasteiger partial charge on any atom is 0.339 e. The topological polar surface area (TPSA) is 78.4 Å². The Labute approximate surface area is 175 Å². The van der Waals surface area contributed by atoms with E-state index in [4.69, 9.17) is 20.5 Å². The predicted octanol–water partition coefficient (Wildman–Crippen LogP) is 5.51. The zero-order valence-electron chi connectivity index (χ0n) is 16.3. The third-order valence-electron chi connectivity index (χ3n) is 4.48. The highest BCUT2D eigenvalue weighted by Crippen LogP contribution is 2.36. The van der Waals surface area contributed by atoms with Crippen molar-refractivity contribution >= 4 is 21.7 Å². The van der Waals surface area contributed by atoms with E-state index in [0.29, 0.717) is 5.75 Å². The zero-order chi connectivity index (χ0) is 21.0. The second-order valence-electron chi connectivity index (χ2n) is 6.64. The van der Waals surface area contributed by atoms with Gasteiger partial charge in [0.05, 0.1) is 0 Å². The van der Waals surface area contributed by atoms with Gasteiger partial charge in [0.1, 0.15) is 10.6 Å². The smallest absolute Gasteiger partial charge is 0.339 e. The molecule has 0 aliphatic rings. The number of hydrogen-bond acceptors (Lipinski definition) is 6. The fourth-order valence-electron chi connectivity index (χ4n) is 2.65. The Morgan fingerprint density at radius 1 is 1.03 bits per heavy atom. The van der Waals surface area contributed by atoms with Crippen molar-refractivity contribution in [2.24, 2.45) is 0 Å². The van der Waals surface area contributed by atoms with Gasteiger partial charge in [0.25, 0.3) is 5.88 Å². The fraction of sp³-hybridized carbons (Fsp3) is 0.238. The summed E-state index contributed by atoms with van der Waals surface area (Å²) in [5.41, 5.74) is 1.90. The van der Waals surface area contributed by atoms with E-state index >= 15 is 0 Å². The van der Waals surface area contributed by atoms with Crippen LogP contribution in [-0.4, -0.2) is 18.6 Å². The van der Waals surface area contributed by atoms with Crippen molar-refractivity contribution in [1.82, 2.24) is 10.2 Å². The summed E-state index contributed by atoms with van der Waals surface area (Å²) in [5.74, 6) is 0.577. The molecule has 1 heterocycles. The molecule has 0 bridgehead atoms. The van der Waals surface area contributed by atoms with E-state index in [2.05, 4.69) is 24.0 Å². The normalized spacial score (nSPS) is 12.4. The highest BCUT2D eigenvalue weighted by Gasteiger charge is 2.22. The van der Waals surface area contributed by atoms with E-state index in [1.807, 2.05) is 25.1 Å². The Hall–Kier alpha value is -2.64. The molecular formula is C21H21ClN2O4S. The molecule has 29 heavy (non-hydrogen) atoms. The molecule has 0 fully saturated rings. The van der Waals surface area contributed by atoms with Crippen LogP contribution in [0.3, 0.4) is 0 Å². The van der Waals surface area contributed by atoms with Gasteiger partial charge < -0.3 is 8.92 Å². The lowest BCUT2D eigenvalue weighted by molar-refractivity contribution is 0.409. The maximum atomic E-state index is 12.7. The van der Waals surface area contributed by atoms with Crippen molar-refractivity contribution in [3.05, 3.63) is 70.9 Å². The summed E-state index contributed by atoms with van der Waals surface area (Å²) < 4.78 is 36.6. The van der Waals surface area contributed by atoms with Gasteiger partial charge >= 0.3 is 10.1 Å². The number of aryl methyl sites for hydroxylation is 1. The Balaban J connectivity index is 1.96. The molecule has 8 heteroatoms. The molecule has 0 spiro atoms. The SMILES string of the molecule is CCC(C)c1ccccc1Oc1nnc(Cl)cc1OS(=O)(=O)c1ccc(C)cc1. The molecular weight excluding hydrogens is 412 g/mol. The minimum Gasteiger partial charge on any atom is -0.435 e. The maximum absolute atomic E-state index is 12.7. The summed E-state index contributed by atoms with van der Waals surface area (Å²) >= 11 is 5.92. The second kappa shape index (κ2) is 8.80. The standard InChI is InChI=1S/C21H21ClN2O4S/c1-4-15(3)17-7-5-6-8-18(17)27-21-19(13-20(22)23-24-21)28-29(25,26)16-11-9-14(2)10-12-16/h5-13,15H,4H2,1-3H3. The summed E-state index contributed by atoms with van der Waals surface area (Å²) in [7, 11) is -4.10. The Morgan fingerprint density at radius 3 is 2.41 bits per heavy atom. The molecule has 0 aliphatic heterocycles. The summed E-state index contributed by atoms with van der Waals surface area (Å²) in [5, 5.41) is 7.65. The molecule has 0 aliphatic carbocycles. The van der Waals surface area contributed by atoms with E-state index in [-0.39, 0.29) is 27.6 Å². The van der Waals surface area contributed by atoms with Crippen LogP contribution in [0.2, 0.25) is 5.15 Å². The number of ether oxygens (including phenoxy) is 1. The van der Waals surface area contributed by atoms with Crippen molar-refractivity contribution in [2.75, 3.05) is 0 Å². The van der Waals surface area contributed by atoms with Crippen LogP contribution in [0.4, 0.5) is 0 Å². The van der Waals surface area contributed by atoms with Gasteiger partial charge in [-0.25, -0.2) is 0 Å². The first kappa shape index (κ1) is 21.1. The predicted molar refractivity (Wildman–Crippen MR) is 111 cm³/mol. The van der Waals surface area contributed by atoms with Gasteiger partial charge in [-0.2, -0.15) is 8.42 Å². The molecule has 0 saturated heterocycles. The van der Waals surface area contributed by atoms with E-state index in [1.165, 1.54) is 18.2 Å². The number of nitrogens with zero attached hydrogens (tertiary/aromatic N) is 2. The number of aromatic nitrogens is 2. The third kappa shape index (κ3) is 5.05. The summed E-state index contributed by atoms with van der Waals surface area (Å²) in [4.78, 5) is 0.0157. The van der Waals surface area contributed by atoms with Crippen LogP contribution in [0.15, 0.2) is 59.5 Å². The number of para-hydroxylation sites is 1. The Kier molecular flexibility index (Phi) is 6.39. The van der Waals surface area contributed by atoms with Crippen LogP contribution in [0, 0.1) is 6.92 Å². The molecule has 0 radical (unpaired) electrons. The molecule has 152 valence electrons. The van der Waals surface area contributed by atoms with Gasteiger partial charge in [-0.1, -0.05) is 61.3 Å². The lowest BCUT2D eigenvalue weighted by atomic mass is 9.98. The van der Waals surface area contributed by atoms with Crippen molar-refractivity contribution in [1.29, 1.82) is 0 Å². The highest BCUT2D eigenvalue weighted by atomic mass is 35.5. The molecule has 0 N–H and O–H groups in total. The van der Waals surface area contributed by atoms with Crippen LogP contribution >= 0.6 is 11.6 Å². The average Bonchev–Trinajstić information content (AvgIpc) is 2.70. The van der Waals surface area contributed by atoms with Crippen molar-refractivity contribution in [3.8, 4) is 17.4 Å². The molecule has 0 saturated carbocycles. The summed E-state index contributed by atoms with van der Waals surface area (Å²) in [6.07, 6.45) is 0.915. The Morgan fingerprint density at radius 2 is 1.72 bits per heavy atom. The lowest BCUT2D eigenvalue weighted by Crippen LogP contribution is -2.11. The van der Waals surface area contributed by atoms with Crippen molar-refractivity contribution < 1.29 is 17.3 Å². The van der Waals surface area contributed by atoms with E-state index in [9.17, 15) is 8.42 Å². The van der Waals surface area contributed by atoms with E-state index < -0.39 is 10.1 Å². The van der Waals surface area contributed by atoms with Gasteiger partial charge in [0.2, 0.25) is 5.75 Å². The number of halogens is 1. The molecule has 0 amide bonds. The van der Waals surface area contributed by atoms with Crippen molar-refractivity contribution in [3.63, 3.8) is 0 Å². The van der Waals surface area contributed by atoms with E-state index in [0.717, 1.165) is 17.5 Å². The lowest BCUT2D eigenvalue weighted by Gasteiger charge is -2.16. The molecule has 1 aromatic heterocycles. The summed E-state index contributed by atoms with van der Waals surface area (Å²) in [6, 6.07) is 15.1. The largest absolute Gasteiger partial charge is 0.435 e. The monoisotopic (exact) mass is 432 g/mol. The molecule has 6 nitrogen and oxygen atoms in total. The highest BCUT2D eigenvalue weighted by molar-refractivity contribution is 7.87. The van der Waals surface area contributed by atoms with Crippen LogP contribution in [0.1, 0.15) is 37.3 Å². The minimum atomic E-state index is -4.10. The second-order valence-corrected chi connectivity index (χ2v) is 8.57. The van der Waals surface area contributed by atoms with Gasteiger partial charge in [0.15, 0.2) is 5.15 Å². The van der Waals surface area contributed by atoms with Gasteiger partial charge in [0, 0.05) is 6.07 Å². The quantitative estimate of drug-likeness (QED) is 0.458. The summed E-state index contributed by atoms with van der Waals surface area (Å²) in [6.45, 7) is 6.02. The van der Waals surface area contributed by atoms with Crippen molar-refractivity contribution in [2.45, 2.75) is 38.0 Å². The molecule has 1 unspecified atom stereocenters. The first-order chi connectivity index (χ1) is 13.8. The van der Waals surface area contributed by atoms with Gasteiger partial charge in [-0.05, 0) is 43.0 Å². The van der Waals surface area contributed by atoms with Crippen LogP contribution in [-0.2, 0) is 10.1 Å². The number of hydrogen-bond donors (Lipinski definition) is 0. The number of rotatable bonds is 7. The Bertz CT molecular complexity index is 1100. The van der Waals surface area contributed by atoms with E-state index in [1.54, 1.807) is 18.2 Å². The van der Waals surface area contributed by atoms with Crippen LogP contribution in [0.25, 0.3) is 0 Å². The first-order valence-corrected chi connectivity index (χ1v) is 10.9. The first-order valence-electron chi connectivity index (χ1n) is 9.11. The molecule has 2 aromatic carbocycles. The van der Waals surface area contributed by atoms with Gasteiger partial charge in [-0.3, -0.25) is 0 Å². The molecule has 3 rings (SSSR count). The third-order valence-corrected chi connectivity index (χ3v) is 5.91. The zero-order valence-corrected chi connectivity index (χ0v) is 17.9.